The Hall–Kier alpha value is -2.28. The van der Waals surface area contributed by atoms with Crippen LogP contribution in [0.4, 0.5) is 0 Å². The van der Waals surface area contributed by atoms with Crippen LogP contribution in [-0.4, -0.2) is 4.98 Å². The molecule has 0 aliphatic heterocycles. The second kappa shape index (κ2) is 3.61. The van der Waals surface area contributed by atoms with Gasteiger partial charge in [-0.25, -0.2) is 0 Å². The van der Waals surface area contributed by atoms with Crippen molar-refractivity contribution in [2.45, 2.75) is 5.92 Å². The molecule has 0 amide bonds. The van der Waals surface area contributed by atoms with Gasteiger partial charge < -0.3 is 4.98 Å². The van der Waals surface area contributed by atoms with Gasteiger partial charge in [-0.15, -0.1) is 0 Å². The number of aromatic nitrogens is 1. The van der Waals surface area contributed by atoms with Crippen LogP contribution in [0.3, 0.4) is 0 Å². The second-order valence-electron chi connectivity index (χ2n) is 4.73. The summed E-state index contributed by atoms with van der Waals surface area (Å²) in [6.45, 7) is 0. The third-order valence-electron chi connectivity index (χ3n) is 3.77. The summed E-state index contributed by atoms with van der Waals surface area (Å²) in [5.41, 5.74) is 6.81. The SMILES string of the molecule is c1c[nH]c(C2c3ccccc3-c3ccccc32)c1. The number of aromatic amines is 1. The molecule has 1 aliphatic rings. The predicted molar refractivity (Wildman–Crippen MR) is 73.6 cm³/mol. The Balaban J connectivity index is 2.04. The zero-order valence-electron chi connectivity index (χ0n) is 9.93. The molecule has 3 aromatic rings. The van der Waals surface area contributed by atoms with Crippen molar-refractivity contribution in [1.29, 1.82) is 0 Å². The fourth-order valence-electron chi connectivity index (χ4n) is 3.01. The van der Waals surface area contributed by atoms with E-state index in [-0.39, 0.29) is 0 Å². The van der Waals surface area contributed by atoms with Gasteiger partial charge in [-0.1, -0.05) is 48.5 Å². The molecular weight excluding hydrogens is 218 g/mol. The summed E-state index contributed by atoms with van der Waals surface area (Å²) in [5.74, 6) is 0.354. The van der Waals surface area contributed by atoms with Crippen LogP contribution in [0.5, 0.6) is 0 Å². The van der Waals surface area contributed by atoms with Crippen molar-refractivity contribution in [2.24, 2.45) is 0 Å². The molecule has 1 aliphatic carbocycles. The summed E-state index contributed by atoms with van der Waals surface area (Å²) < 4.78 is 0. The quantitative estimate of drug-likeness (QED) is 0.506. The minimum absolute atomic E-state index is 0.354. The van der Waals surface area contributed by atoms with E-state index in [0.717, 1.165) is 0 Å². The summed E-state index contributed by atoms with van der Waals surface area (Å²) in [6, 6.07) is 21.6. The smallest absolute Gasteiger partial charge is 0.0503 e. The molecular formula is C17H13N. The molecule has 0 saturated carbocycles. The molecule has 1 heteroatoms. The van der Waals surface area contributed by atoms with Gasteiger partial charge in [-0.05, 0) is 34.4 Å². The normalized spacial score (nSPS) is 13.3. The lowest BCUT2D eigenvalue weighted by Gasteiger charge is -2.11. The molecule has 1 N–H and O–H groups in total. The molecule has 0 unspecified atom stereocenters. The molecule has 1 heterocycles. The van der Waals surface area contributed by atoms with E-state index < -0.39 is 0 Å². The largest absolute Gasteiger partial charge is 0.364 e. The van der Waals surface area contributed by atoms with E-state index in [1.54, 1.807) is 0 Å². The van der Waals surface area contributed by atoms with Crippen molar-refractivity contribution < 1.29 is 0 Å². The Kier molecular flexibility index (Phi) is 1.95. The van der Waals surface area contributed by atoms with Crippen molar-refractivity contribution in [3.05, 3.63) is 83.7 Å². The highest BCUT2D eigenvalue weighted by Gasteiger charge is 2.29. The van der Waals surface area contributed by atoms with Gasteiger partial charge in [-0.3, -0.25) is 0 Å². The summed E-state index contributed by atoms with van der Waals surface area (Å²) >= 11 is 0. The van der Waals surface area contributed by atoms with Crippen LogP contribution < -0.4 is 0 Å². The molecule has 18 heavy (non-hydrogen) atoms. The van der Waals surface area contributed by atoms with Crippen LogP contribution in [0.25, 0.3) is 11.1 Å². The summed E-state index contributed by atoms with van der Waals surface area (Å²) in [7, 11) is 0. The average molecular weight is 231 g/mol. The minimum Gasteiger partial charge on any atom is -0.364 e. The lowest BCUT2D eigenvalue weighted by atomic mass is 9.94. The van der Waals surface area contributed by atoms with Crippen molar-refractivity contribution in [3.63, 3.8) is 0 Å². The topological polar surface area (TPSA) is 15.8 Å². The van der Waals surface area contributed by atoms with E-state index in [0.29, 0.717) is 5.92 Å². The molecule has 2 aromatic carbocycles. The van der Waals surface area contributed by atoms with E-state index >= 15 is 0 Å². The van der Waals surface area contributed by atoms with Crippen LogP contribution in [-0.2, 0) is 0 Å². The number of fused-ring (bicyclic) bond motifs is 3. The van der Waals surface area contributed by atoms with Gasteiger partial charge in [0.05, 0.1) is 5.92 Å². The minimum atomic E-state index is 0.354. The van der Waals surface area contributed by atoms with Crippen LogP contribution >= 0.6 is 0 Å². The highest BCUT2D eigenvalue weighted by atomic mass is 14.7. The van der Waals surface area contributed by atoms with Gasteiger partial charge in [0, 0.05) is 11.9 Å². The Morgan fingerprint density at radius 2 is 1.28 bits per heavy atom. The summed E-state index contributed by atoms with van der Waals surface area (Å²) in [6.07, 6.45) is 2.00. The molecule has 0 radical (unpaired) electrons. The second-order valence-corrected chi connectivity index (χ2v) is 4.73. The van der Waals surface area contributed by atoms with Gasteiger partial charge in [0.2, 0.25) is 0 Å². The molecule has 0 fully saturated rings. The Morgan fingerprint density at radius 3 is 1.83 bits per heavy atom. The van der Waals surface area contributed by atoms with Crippen molar-refractivity contribution in [1.82, 2.24) is 4.98 Å². The molecule has 1 nitrogen and oxygen atoms in total. The Bertz CT molecular complexity index is 650. The van der Waals surface area contributed by atoms with E-state index in [2.05, 4.69) is 65.6 Å². The maximum atomic E-state index is 3.36. The monoisotopic (exact) mass is 231 g/mol. The van der Waals surface area contributed by atoms with Gasteiger partial charge in [-0.2, -0.15) is 0 Å². The average Bonchev–Trinajstić information content (AvgIpc) is 3.03. The lowest BCUT2D eigenvalue weighted by molar-refractivity contribution is 0.963. The highest BCUT2D eigenvalue weighted by molar-refractivity contribution is 5.80. The first-order valence-electron chi connectivity index (χ1n) is 6.26. The van der Waals surface area contributed by atoms with Gasteiger partial charge in [0.15, 0.2) is 0 Å². The van der Waals surface area contributed by atoms with Crippen molar-refractivity contribution in [2.75, 3.05) is 0 Å². The lowest BCUT2D eigenvalue weighted by Crippen LogP contribution is -1.98. The predicted octanol–water partition coefficient (Wildman–Crippen LogP) is 4.18. The maximum absolute atomic E-state index is 3.36. The zero-order valence-corrected chi connectivity index (χ0v) is 9.93. The van der Waals surface area contributed by atoms with E-state index in [1.165, 1.54) is 27.9 Å². The number of benzene rings is 2. The first-order chi connectivity index (χ1) is 8.95. The highest BCUT2D eigenvalue weighted by Crippen LogP contribution is 2.47. The number of rotatable bonds is 1. The van der Waals surface area contributed by atoms with Crippen LogP contribution in [0, 0.1) is 0 Å². The molecule has 0 atom stereocenters. The molecule has 1 aromatic heterocycles. The van der Waals surface area contributed by atoms with Gasteiger partial charge >= 0.3 is 0 Å². The van der Waals surface area contributed by atoms with E-state index in [4.69, 9.17) is 0 Å². The summed E-state index contributed by atoms with van der Waals surface area (Å²) in [4.78, 5) is 3.36. The van der Waals surface area contributed by atoms with Crippen molar-refractivity contribution >= 4 is 0 Å². The third-order valence-corrected chi connectivity index (χ3v) is 3.77. The summed E-state index contributed by atoms with van der Waals surface area (Å²) in [5, 5.41) is 0. The van der Waals surface area contributed by atoms with Gasteiger partial charge in [0.1, 0.15) is 0 Å². The molecule has 4 rings (SSSR count). The van der Waals surface area contributed by atoms with E-state index in [9.17, 15) is 0 Å². The maximum Gasteiger partial charge on any atom is 0.0503 e. The van der Waals surface area contributed by atoms with Gasteiger partial charge in [0.25, 0.3) is 0 Å². The molecule has 0 bridgehead atoms. The number of H-pyrrole nitrogens is 1. The van der Waals surface area contributed by atoms with E-state index in [1.807, 2.05) is 6.20 Å². The van der Waals surface area contributed by atoms with Crippen molar-refractivity contribution in [3.8, 4) is 11.1 Å². The zero-order chi connectivity index (χ0) is 11.9. The Labute approximate surface area is 106 Å². The molecule has 0 saturated heterocycles. The first-order valence-corrected chi connectivity index (χ1v) is 6.26. The number of hydrogen-bond acceptors (Lipinski definition) is 0. The molecule has 86 valence electrons. The number of hydrogen-bond donors (Lipinski definition) is 1. The third kappa shape index (κ3) is 1.22. The first kappa shape index (κ1) is 9.72. The fourth-order valence-corrected chi connectivity index (χ4v) is 3.01. The van der Waals surface area contributed by atoms with Crippen LogP contribution in [0.1, 0.15) is 22.7 Å². The van der Waals surface area contributed by atoms with Crippen LogP contribution in [0.15, 0.2) is 66.9 Å². The standard InChI is InChI=1S/C17H13N/c1-3-8-14-12(6-1)13-7-2-4-9-15(13)17(14)16-10-5-11-18-16/h1-11,17-18H. The fraction of sp³-hybridized carbons (Fsp3) is 0.0588. The Morgan fingerprint density at radius 1 is 0.667 bits per heavy atom. The molecule has 0 spiro atoms. The number of nitrogens with one attached hydrogen (secondary N) is 1. The van der Waals surface area contributed by atoms with Crippen LogP contribution in [0.2, 0.25) is 0 Å².